The molecule has 2 N–H and O–H groups in total. The number of ether oxygens (including phenoxy) is 1. The van der Waals surface area contributed by atoms with Gasteiger partial charge < -0.3 is 19.9 Å². The lowest BCUT2D eigenvalue weighted by atomic mass is 10.00. The molecule has 0 unspecified atom stereocenters. The number of nitrogens with zero attached hydrogens (tertiary/aromatic N) is 4. The first-order valence-corrected chi connectivity index (χ1v) is 8.96. The molecule has 0 radical (unpaired) electrons. The number of aromatic nitrogens is 4. The maximum absolute atomic E-state index is 12.5. The van der Waals surface area contributed by atoms with E-state index in [-0.39, 0.29) is 30.1 Å². The van der Waals surface area contributed by atoms with Gasteiger partial charge in [-0.1, -0.05) is 6.92 Å². The molecule has 2 aromatic rings. The smallest absolute Gasteiger partial charge is 0.249 e. The van der Waals surface area contributed by atoms with E-state index in [2.05, 4.69) is 37.1 Å². The Balaban J connectivity index is 1.36. The Morgan fingerprint density at radius 1 is 1.28 bits per heavy atom. The highest BCUT2D eigenvalue weighted by molar-refractivity contribution is 5.83. The Labute approximate surface area is 146 Å². The van der Waals surface area contributed by atoms with Gasteiger partial charge in [-0.3, -0.25) is 4.79 Å². The molecule has 1 amide bonds. The fourth-order valence-corrected chi connectivity index (χ4v) is 3.92. The molecule has 2 aliphatic heterocycles. The minimum absolute atomic E-state index is 0.0355. The number of imidazole rings is 1. The van der Waals surface area contributed by atoms with Gasteiger partial charge in [-0.2, -0.15) is 0 Å². The summed E-state index contributed by atoms with van der Waals surface area (Å²) in [6.07, 6.45) is 5.78. The Morgan fingerprint density at radius 3 is 2.80 bits per heavy atom. The van der Waals surface area contributed by atoms with Crippen molar-refractivity contribution in [2.75, 3.05) is 18.0 Å². The van der Waals surface area contributed by atoms with Gasteiger partial charge in [0.05, 0.1) is 12.4 Å². The van der Waals surface area contributed by atoms with Gasteiger partial charge in [0.25, 0.3) is 0 Å². The summed E-state index contributed by atoms with van der Waals surface area (Å²) in [4.78, 5) is 30.6. The van der Waals surface area contributed by atoms with Crippen LogP contribution in [0.15, 0.2) is 12.7 Å². The fraction of sp³-hybridized carbons (Fsp3) is 0.647. The summed E-state index contributed by atoms with van der Waals surface area (Å²) in [5, 5.41) is 3.17. The van der Waals surface area contributed by atoms with Crippen molar-refractivity contribution in [3.63, 3.8) is 0 Å². The van der Waals surface area contributed by atoms with Crippen LogP contribution in [0.1, 0.15) is 33.1 Å². The van der Waals surface area contributed by atoms with Crippen molar-refractivity contribution in [2.45, 2.75) is 51.4 Å². The van der Waals surface area contributed by atoms with Crippen LogP contribution in [0.5, 0.6) is 0 Å². The van der Waals surface area contributed by atoms with Crippen molar-refractivity contribution in [3.05, 3.63) is 12.7 Å². The van der Waals surface area contributed by atoms with Crippen LogP contribution in [-0.2, 0) is 9.53 Å². The molecule has 2 aromatic heterocycles. The molecule has 0 saturated carbocycles. The maximum atomic E-state index is 12.5. The summed E-state index contributed by atoms with van der Waals surface area (Å²) in [5.41, 5.74) is 1.55. The van der Waals surface area contributed by atoms with E-state index in [1.54, 1.807) is 12.7 Å². The number of carbonyl (C=O) groups excluding carboxylic acids is 1. The Hall–Kier alpha value is -2.22. The molecule has 2 aliphatic rings. The van der Waals surface area contributed by atoms with Gasteiger partial charge in [0.15, 0.2) is 11.5 Å². The molecule has 3 atom stereocenters. The number of hydrogen-bond donors (Lipinski definition) is 2. The summed E-state index contributed by atoms with van der Waals surface area (Å²) in [6, 6.07) is 0.189. The normalized spacial score (nSPS) is 27.8. The molecule has 2 saturated heterocycles. The van der Waals surface area contributed by atoms with E-state index in [4.69, 9.17) is 4.74 Å². The van der Waals surface area contributed by atoms with Crippen molar-refractivity contribution >= 4 is 22.9 Å². The Kier molecular flexibility index (Phi) is 4.29. The number of anilines is 1. The van der Waals surface area contributed by atoms with E-state index in [9.17, 15) is 4.79 Å². The zero-order chi connectivity index (χ0) is 17.4. The molecule has 0 aliphatic carbocycles. The van der Waals surface area contributed by atoms with Crippen LogP contribution in [0, 0.1) is 5.92 Å². The molecule has 8 nitrogen and oxygen atoms in total. The van der Waals surface area contributed by atoms with Gasteiger partial charge >= 0.3 is 0 Å². The van der Waals surface area contributed by atoms with E-state index in [0.717, 1.165) is 43.7 Å². The van der Waals surface area contributed by atoms with E-state index in [1.807, 2.05) is 6.92 Å². The Bertz CT molecular complexity index is 754. The molecular weight excluding hydrogens is 320 g/mol. The van der Waals surface area contributed by atoms with Crippen molar-refractivity contribution in [1.29, 1.82) is 0 Å². The van der Waals surface area contributed by atoms with Crippen LogP contribution in [0.3, 0.4) is 0 Å². The second kappa shape index (κ2) is 6.59. The predicted octanol–water partition coefficient (Wildman–Crippen LogP) is 1.25. The largest absolute Gasteiger partial charge is 0.365 e. The van der Waals surface area contributed by atoms with E-state index in [0.29, 0.717) is 5.65 Å². The van der Waals surface area contributed by atoms with E-state index < -0.39 is 0 Å². The summed E-state index contributed by atoms with van der Waals surface area (Å²) in [5.74, 6) is 1.20. The Morgan fingerprint density at radius 2 is 2.08 bits per heavy atom. The van der Waals surface area contributed by atoms with Crippen molar-refractivity contribution in [3.8, 4) is 0 Å². The molecule has 0 bridgehead atoms. The van der Waals surface area contributed by atoms with Crippen LogP contribution in [-0.4, -0.2) is 57.2 Å². The second-order valence-electron chi connectivity index (χ2n) is 7.15. The summed E-state index contributed by atoms with van der Waals surface area (Å²) < 4.78 is 5.76. The fourth-order valence-electron chi connectivity index (χ4n) is 3.92. The molecule has 2 fully saturated rings. The lowest BCUT2D eigenvalue weighted by molar-refractivity contribution is -0.134. The summed E-state index contributed by atoms with van der Waals surface area (Å²) in [7, 11) is 0. The van der Waals surface area contributed by atoms with Gasteiger partial charge in [0.1, 0.15) is 17.9 Å². The average Bonchev–Trinajstić information content (AvgIpc) is 3.21. The van der Waals surface area contributed by atoms with E-state index >= 15 is 0 Å². The second-order valence-corrected chi connectivity index (χ2v) is 7.15. The number of H-pyrrole nitrogens is 1. The number of piperidine rings is 1. The highest BCUT2D eigenvalue weighted by Crippen LogP contribution is 2.27. The van der Waals surface area contributed by atoms with Gasteiger partial charge in [-0.05, 0) is 32.1 Å². The zero-order valence-corrected chi connectivity index (χ0v) is 14.6. The van der Waals surface area contributed by atoms with Gasteiger partial charge in [0.2, 0.25) is 5.91 Å². The zero-order valence-electron chi connectivity index (χ0n) is 14.6. The number of aromatic amines is 1. The van der Waals surface area contributed by atoms with Gasteiger partial charge in [-0.15, -0.1) is 0 Å². The van der Waals surface area contributed by atoms with Crippen LogP contribution >= 0.6 is 0 Å². The predicted molar refractivity (Wildman–Crippen MR) is 93.2 cm³/mol. The highest BCUT2D eigenvalue weighted by atomic mass is 16.5. The van der Waals surface area contributed by atoms with Gasteiger partial charge in [-0.25, -0.2) is 15.0 Å². The van der Waals surface area contributed by atoms with Crippen LogP contribution in [0.4, 0.5) is 5.82 Å². The molecule has 134 valence electrons. The lowest BCUT2D eigenvalue weighted by Gasteiger charge is -2.33. The number of carbonyl (C=O) groups is 1. The molecule has 0 spiro atoms. The van der Waals surface area contributed by atoms with Crippen LogP contribution < -0.4 is 10.2 Å². The van der Waals surface area contributed by atoms with Crippen LogP contribution in [0.2, 0.25) is 0 Å². The van der Waals surface area contributed by atoms with Crippen molar-refractivity contribution in [2.24, 2.45) is 5.92 Å². The monoisotopic (exact) mass is 344 g/mol. The standard InChI is InChI=1S/C17H24N6O2/c1-10-7-11(2)25-14(10)17(24)22-12-3-5-23(6-4-12)16-13-15(19-8-18-13)20-9-21-16/h8-12,14H,3-7H2,1-2H3,(H,22,24)(H,18,19,20,21)/t10-,11-,14+/m1/s1. The van der Waals surface area contributed by atoms with Crippen molar-refractivity contribution < 1.29 is 9.53 Å². The number of hydrogen-bond acceptors (Lipinski definition) is 6. The molecule has 4 rings (SSSR count). The number of fused-ring (bicyclic) bond motifs is 1. The third-order valence-corrected chi connectivity index (χ3v) is 5.20. The first-order chi connectivity index (χ1) is 12.1. The minimum atomic E-state index is -0.306. The minimum Gasteiger partial charge on any atom is -0.365 e. The number of rotatable bonds is 3. The number of amides is 1. The first kappa shape index (κ1) is 16.3. The molecule has 25 heavy (non-hydrogen) atoms. The van der Waals surface area contributed by atoms with Gasteiger partial charge in [0, 0.05) is 19.1 Å². The summed E-state index contributed by atoms with van der Waals surface area (Å²) >= 11 is 0. The maximum Gasteiger partial charge on any atom is 0.249 e. The third kappa shape index (κ3) is 3.18. The summed E-state index contributed by atoms with van der Waals surface area (Å²) in [6.45, 7) is 5.79. The van der Waals surface area contributed by atoms with Crippen LogP contribution in [0.25, 0.3) is 11.2 Å². The molecule has 0 aromatic carbocycles. The lowest BCUT2D eigenvalue weighted by Crippen LogP contribution is -2.48. The molecule has 8 heteroatoms. The number of nitrogens with one attached hydrogen (secondary N) is 2. The topological polar surface area (TPSA) is 96.0 Å². The molecular formula is C17H24N6O2. The SMILES string of the molecule is C[C@@H]1C[C@@H](C)[C@@H](C(=O)NC2CCN(c3ncnc4nc[nH]c34)CC2)O1. The quantitative estimate of drug-likeness (QED) is 0.870. The first-order valence-electron chi connectivity index (χ1n) is 8.96. The third-order valence-electron chi connectivity index (χ3n) is 5.20. The molecule has 4 heterocycles. The highest BCUT2D eigenvalue weighted by Gasteiger charge is 2.36. The van der Waals surface area contributed by atoms with E-state index in [1.165, 1.54) is 0 Å². The van der Waals surface area contributed by atoms with Crippen molar-refractivity contribution in [1.82, 2.24) is 25.3 Å². The average molecular weight is 344 g/mol.